The van der Waals surface area contributed by atoms with Crippen LogP contribution in [0, 0.1) is 6.92 Å². The molecule has 2 N–H and O–H groups in total. The largest absolute Gasteiger partial charge is 0.459 e. The molecule has 7 heteroatoms. The Morgan fingerprint density at radius 2 is 2.27 bits per heavy atom. The number of furan rings is 1. The first kappa shape index (κ1) is 18.1. The third kappa shape index (κ3) is 4.49. The molecule has 26 heavy (non-hydrogen) atoms. The number of pyridine rings is 1. The molecule has 1 aliphatic rings. The lowest BCUT2D eigenvalue weighted by Gasteiger charge is -2.36. The minimum Gasteiger partial charge on any atom is -0.459 e. The summed E-state index contributed by atoms with van der Waals surface area (Å²) in [6.07, 6.45) is 5.68. The second kappa shape index (κ2) is 8.14. The molecule has 0 aliphatic carbocycles. The quantitative estimate of drug-likeness (QED) is 0.841. The molecule has 0 saturated carbocycles. The Morgan fingerprint density at radius 3 is 2.96 bits per heavy atom. The van der Waals surface area contributed by atoms with Crippen LogP contribution in [-0.4, -0.2) is 52.0 Å². The Kier molecular flexibility index (Phi) is 5.68. The fourth-order valence-corrected chi connectivity index (χ4v) is 3.14. The zero-order chi connectivity index (χ0) is 18.5. The first-order valence-electron chi connectivity index (χ1n) is 8.73. The predicted molar refractivity (Wildman–Crippen MR) is 94.5 cm³/mol. The van der Waals surface area contributed by atoms with E-state index in [1.165, 1.54) is 6.26 Å². The molecule has 0 radical (unpaired) electrons. The first-order chi connectivity index (χ1) is 12.5. The maximum atomic E-state index is 12.4. The van der Waals surface area contributed by atoms with Crippen molar-refractivity contribution >= 4 is 11.8 Å². The Balaban J connectivity index is 1.48. The van der Waals surface area contributed by atoms with E-state index >= 15 is 0 Å². The second-order valence-electron chi connectivity index (χ2n) is 6.62. The summed E-state index contributed by atoms with van der Waals surface area (Å²) in [6.45, 7) is 2.69. The van der Waals surface area contributed by atoms with Gasteiger partial charge in [-0.25, -0.2) is 0 Å². The van der Waals surface area contributed by atoms with Crippen LogP contribution in [0.25, 0.3) is 0 Å². The number of carbonyl (C=O) groups excluding carboxylic acids is 2. The van der Waals surface area contributed by atoms with Gasteiger partial charge in [0.1, 0.15) is 0 Å². The van der Waals surface area contributed by atoms with Gasteiger partial charge in [0.15, 0.2) is 5.76 Å². The molecule has 2 amide bonds. The summed E-state index contributed by atoms with van der Waals surface area (Å²) in [6, 6.07) is 4.83. The number of aryl methyl sites for hydroxylation is 2. The molecule has 3 heterocycles. The SMILES string of the molecule is Cc1cncc(CCC(=O)N2CCC(NC(=O)c3ccco3)C(O)C2)c1. The van der Waals surface area contributed by atoms with Crippen LogP contribution in [-0.2, 0) is 11.2 Å². The number of amides is 2. The number of aliphatic hydroxyl groups excluding tert-OH is 1. The van der Waals surface area contributed by atoms with Crippen LogP contribution in [0.3, 0.4) is 0 Å². The molecule has 138 valence electrons. The average Bonchev–Trinajstić information content (AvgIpc) is 3.16. The number of piperidine rings is 1. The van der Waals surface area contributed by atoms with E-state index in [0.717, 1.165) is 11.1 Å². The molecule has 2 unspecified atom stereocenters. The maximum absolute atomic E-state index is 12.4. The number of nitrogens with one attached hydrogen (secondary N) is 1. The minimum atomic E-state index is -0.799. The van der Waals surface area contributed by atoms with Crippen LogP contribution < -0.4 is 5.32 Å². The fraction of sp³-hybridized carbons (Fsp3) is 0.421. The minimum absolute atomic E-state index is 0.00127. The summed E-state index contributed by atoms with van der Waals surface area (Å²) >= 11 is 0. The summed E-state index contributed by atoms with van der Waals surface area (Å²) in [5.74, 6) is -0.144. The zero-order valence-corrected chi connectivity index (χ0v) is 14.7. The topological polar surface area (TPSA) is 95.7 Å². The third-order valence-electron chi connectivity index (χ3n) is 4.56. The van der Waals surface area contributed by atoms with Crippen molar-refractivity contribution in [1.82, 2.24) is 15.2 Å². The van der Waals surface area contributed by atoms with Crippen molar-refractivity contribution in [1.29, 1.82) is 0 Å². The van der Waals surface area contributed by atoms with Crippen molar-refractivity contribution < 1.29 is 19.1 Å². The van der Waals surface area contributed by atoms with Crippen molar-refractivity contribution in [3.8, 4) is 0 Å². The number of carbonyl (C=O) groups is 2. The number of aromatic nitrogens is 1. The van der Waals surface area contributed by atoms with E-state index in [9.17, 15) is 14.7 Å². The Labute approximate surface area is 152 Å². The molecule has 2 aromatic heterocycles. The van der Waals surface area contributed by atoms with Crippen molar-refractivity contribution in [2.75, 3.05) is 13.1 Å². The summed E-state index contributed by atoms with van der Waals surface area (Å²) in [7, 11) is 0. The van der Waals surface area contributed by atoms with Gasteiger partial charge >= 0.3 is 0 Å². The smallest absolute Gasteiger partial charge is 0.287 e. The van der Waals surface area contributed by atoms with Crippen LogP contribution in [0.1, 0.15) is 34.5 Å². The van der Waals surface area contributed by atoms with Gasteiger partial charge in [-0.05, 0) is 43.0 Å². The molecule has 0 spiro atoms. The number of hydrogen-bond donors (Lipinski definition) is 2. The molecule has 0 aromatic carbocycles. The van der Waals surface area contributed by atoms with E-state index in [-0.39, 0.29) is 24.1 Å². The van der Waals surface area contributed by atoms with Crippen molar-refractivity contribution in [3.05, 3.63) is 53.7 Å². The van der Waals surface area contributed by atoms with E-state index in [0.29, 0.717) is 25.8 Å². The Hall–Kier alpha value is -2.67. The summed E-state index contributed by atoms with van der Waals surface area (Å²) in [5.41, 5.74) is 2.10. The average molecular weight is 357 g/mol. The van der Waals surface area contributed by atoms with Crippen LogP contribution >= 0.6 is 0 Å². The molecule has 1 fully saturated rings. The zero-order valence-electron chi connectivity index (χ0n) is 14.7. The van der Waals surface area contributed by atoms with Gasteiger partial charge in [0, 0.05) is 31.9 Å². The van der Waals surface area contributed by atoms with E-state index in [4.69, 9.17) is 4.42 Å². The van der Waals surface area contributed by atoms with Gasteiger partial charge < -0.3 is 19.7 Å². The molecule has 3 rings (SSSR count). The molecule has 2 atom stereocenters. The molecular weight excluding hydrogens is 334 g/mol. The highest BCUT2D eigenvalue weighted by atomic mass is 16.3. The molecule has 1 saturated heterocycles. The maximum Gasteiger partial charge on any atom is 0.287 e. The van der Waals surface area contributed by atoms with E-state index in [2.05, 4.69) is 10.3 Å². The first-order valence-corrected chi connectivity index (χ1v) is 8.73. The number of likely N-dealkylation sites (tertiary alicyclic amines) is 1. The lowest BCUT2D eigenvalue weighted by molar-refractivity contribution is -0.134. The second-order valence-corrected chi connectivity index (χ2v) is 6.62. The van der Waals surface area contributed by atoms with E-state index in [1.807, 2.05) is 13.0 Å². The Bertz CT molecular complexity index is 760. The van der Waals surface area contributed by atoms with Crippen LogP contribution in [0.15, 0.2) is 41.3 Å². The predicted octanol–water partition coefficient (Wildman–Crippen LogP) is 1.31. The number of hydrogen-bond acceptors (Lipinski definition) is 5. The van der Waals surface area contributed by atoms with Crippen LogP contribution in [0.2, 0.25) is 0 Å². The number of rotatable bonds is 5. The lowest BCUT2D eigenvalue weighted by atomic mass is 10.0. The van der Waals surface area contributed by atoms with Gasteiger partial charge in [-0.2, -0.15) is 0 Å². The van der Waals surface area contributed by atoms with Crippen molar-refractivity contribution in [2.24, 2.45) is 0 Å². The van der Waals surface area contributed by atoms with Gasteiger partial charge in [0.2, 0.25) is 5.91 Å². The summed E-state index contributed by atoms with van der Waals surface area (Å²) in [5, 5.41) is 13.1. The van der Waals surface area contributed by atoms with Gasteiger partial charge in [-0.15, -0.1) is 0 Å². The Morgan fingerprint density at radius 1 is 1.42 bits per heavy atom. The van der Waals surface area contributed by atoms with E-state index in [1.54, 1.807) is 29.4 Å². The third-order valence-corrected chi connectivity index (χ3v) is 4.56. The highest BCUT2D eigenvalue weighted by Crippen LogP contribution is 2.15. The van der Waals surface area contributed by atoms with Crippen molar-refractivity contribution in [3.63, 3.8) is 0 Å². The highest BCUT2D eigenvalue weighted by molar-refractivity contribution is 5.91. The number of nitrogens with zero attached hydrogens (tertiary/aromatic N) is 2. The lowest BCUT2D eigenvalue weighted by Crippen LogP contribution is -2.55. The summed E-state index contributed by atoms with van der Waals surface area (Å²) in [4.78, 5) is 30.2. The molecule has 2 aromatic rings. The van der Waals surface area contributed by atoms with Gasteiger partial charge in [0.05, 0.1) is 18.4 Å². The van der Waals surface area contributed by atoms with Crippen LogP contribution in [0.4, 0.5) is 0 Å². The fourth-order valence-electron chi connectivity index (χ4n) is 3.14. The number of aliphatic hydroxyl groups is 1. The summed E-state index contributed by atoms with van der Waals surface area (Å²) < 4.78 is 5.05. The molecule has 7 nitrogen and oxygen atoms in total. The van der Waals surface area contributed by atoms with Gasteiger partial charge in [0.25, 0.3) is 5.91 Å². The highest BCUT2D eigenvalue weighted by Gasteiger charge is 2.31. The standard InChI is InChI=1S/C19H23N3O4/c1-13-9-14(11-20-10-13)4-5-18(24)22-7-6-15(16(23)12-22)21-19(25)17-3-2-8-26-17/h2-3,8-11,15-16,23H,4-7,12H2,1H3,(H,21,25). The molecule has 0 bridgehead atoms. The van der Waals surface area contributed by atoms with E-state index < -0.39 is 12.1 Å². The molecule has 1 aliphatic heterocycles. The van der Waals surface area contributed by atoms with Gasteiger partial charge in [-0.3, -0.25) is 14.6 Å². The van der Waals surface area contributed by atoms with Crippen LogP contribution in [0.5, 0.6) is 0 Å². The number of β-amino-alcohol motifs (C(OH)–C–C–N with tert-alkyl or cyclic N) is 1. The van der Waals surface area contributed by atoms with Gasteiger partial charge in [-0.1, -0.05) is 6.07 Å². The van der Waals surface area contributed by atoms with Crippen molar-refractivity contribution in [2.45, 2.75) is 38.3 Å². The monoisotopic (exact) mass is 357 g/mol. The molecular formula is C19H23N3O4. The normalized spacial score (nSPS) is 20.0.